The van der Waals surface area contributed by atoms with Crippen LogP contribution in [0, 0.1) is 3.57 Å². The van der Waals surface area contributed by atoms with Gasteiger partial charge in [-0.3, -0.25) is 4.68 Å². The highest BCUT2D eigenvalue weighted by atomic mass is 127. The first-order valence-corrected chi connectivity index (χ1v) is 7.02. The smallest absolute Gasteiger partial charge is 0.407 e. The molecule has 0 radical (unpaired) electrons. The summed E-state index contributed by atoms with van der Waals surface area (Å²) < 4.78 is 7.32. The summed E-state index contributed by atoms with van der Waals surface area (Å²) in [4.78, 5) is 24.2. The highest BCUT2D eigenvalue weighted by molar-refractivity contribution is 14.1. The van der Waals surface area contributed by atoms with Crippen molar-refractivity contribution >= 4 is 34.7 Å². The molecule has 0 aromatic carbocycles. The number of carbonyl (C=O) groups excluding carboxylic acids is 1. The van der Waals surface area contributed by atoms with Crippen molar-refractivity contribution < 1.29 is 19.4 Å². The van der Waals surface area contributed by atoms with Crippen LogP contribution >= 0.6 is 22.6 Å². The lowest BCUT2D eigenvalue weighted by atomic mass is 10.3. The molecule has 0 fully saturated rings. The Balaban J connectivity index is 2.33. The minimum atomic E-state index is -0.955. The molecule has 1 aliphatic rings. The number of ether oxygens (including phenoxy) is 1. The first-order chi connectivity index (χ1) is 9.04. The van der Waals surface area contributed by atoms with Crippen LogP contribution in [0.25, 0.3) is 0 Å². The van der Waals surface area contributed by atoms with Gasteiger partial charge in [-0.25, -0.2) is 9.59 Å². The highest BCUT2D eigenvalue weighted by Gasteiger charge is 2.26. The van der Waals surface area contributed by atoms with E-state index in [9.17, 15) is 9.59 Å². The number of aryl methyl sites for hydroxylation is 1. The molecule has 0 bridgehead atoms. The second-order valence-corrected chi connectivity index (χ2v) is 5.19. The lowest BCUT2D eigenvalue weighted by Crippen LogP contribution is -2.29. The lowest BCUT2D eigenvalue weighted by molar-refractivity contribution is 0.0517. The fourth-order valence-corrected chi connectivity index (χ4v) is 2.75. The molecule has 1 aliphatic heterocycles. The number of carbonyl (C=O) groups is 2. The first-order valence-electron chi connectivity index (χ1n) is 5.94. The molecule has 2 rings (SSSR count). The second-order valence-electron chi connectivity index (χ2n) is 4.11. The molecule has 0 saturated carbocycles. The van der Waals surface area contributed by atoms with E-state index in [0.717, 1.165) is 5.69 Å². The number of hydrogen-bond donors (Lipinski definition) is 1. The van der Waals surface area contributed by atoms with Crippen molar-refractivity contribution in [2.24, 2.45) is 0 Å². The minimum Gasteiger partial charge on any atom is -0.465 e. The van der Waals surface area contributed by atoms with Crippen LogP contribution in [-0.2, 0) is 17.8 Å². The molecule has 0 saturated heterocycles. The van der Waals surface area contributed by atoms with Gasteiger partial charge >= 0.3 is 12.1 Å². The monoisotopic (exact) mass is 379 g/mol. The van der Waals surface area contributed by atoms with E-state index in [1.807, 2.05) is 22.6 Å². The van der Waals surface area contributed by atoms with Gasteiger partial charge in [-0.05, 0) is 35.9 Å². The van der Waals surface area contributed by atoms with Gasteiger partial charge in [0, 0.05) is 13.1 Å². The zero-order valence-corrected chi connectivity index (χ0v) is 12.6. The summed E-state index contributed by atoms with van der Waals surface area (Å²) in [6, 6.07) is 0. The topological polar surface area (TPSA) is 84.7 Å². The van der Waals surface area contributed by atoms with Gasteiger partial charge in [0.15, 0.2) is 5.69 Å². The summed E-state index contributed by atoms with van der Waals surface area (Å²) in [5.41, 5.74) is 1.02. The SMILES string of the molecule is CCOC(=O)c1nn2c(c1I)CN(C(=O)O)CCC2. The Bertz CT molecular complexity index is 514. The van der Waals surface area contributed by atoms with Crippen molar-refractivity contribution in [3.63, 3.8) is 0 Å². The first kappa shape index (κ1) is 14.1. The third-order valence-electron chi connectivity index (χ3n) is 2.87. The molecule has 104 valence electrons. The Morgan fingerprint density at radius 3 is 2.84 bits per heavy atom. The fourth-order valence-electron chi connectivity index (χ4n) is 1.98. The summed E-state index contributed by atoms with van der Waals surface area (Å²) in [7, 11) is 0. The van der Waals surface area contributed by atoms with Crippen LogP contribution in [0.2, 0.25) is 0 Å². The van der Waals surface area contributed by atoms with Crippen LogP contribution in [-0.4, -0.2) is 45.0 Å². The zero-order chi connectivity index (χ0) is 14.0. The number of amides is 1. The Morgan fingerprint density at radius 1 is 1.47 bits per heavy atom. The molecule has 1 aromatic heterocycles. The second kappa shape index (κ2) is 5.76. The van der Waals surface area contributed by atoms with Crippen molar-refractivity contribution in [2.75, 3.05) is 13.2 Å². The maximum atomic E-state index is 11.8. The number of aromatic nitrogens is 2. The Labute approximate surface area is 123 Å². The number of rotatable bonds is 2. The summed E-state index contributed by atoms with van der Waals surface area (Å²) in [6.07, 6.45) is -0.276. The van der Waals surface area contributed by atoms with Gasteiger partial charge in [0.2, 0.25) is 0 Å². The van der Waals surface area contributed by atoms with E-state index in [4.69, 9.17) is 9.84 Å². The molecule has 2 heterocycles. The summed E-state index contributed by atoms with van der Waals surface area (Å²) in [5.74, 6) is -0.464. The average molecular weight is 379 g/mol. The number of nitrogens with zero attached hydrogens (tertiary/aromatic N) is 3. The van der Waals surface area contributed by atoms with E-state index < -0.39 is 12.1 Å². The van der Waals surface area contributed by atoms with Gasteiger partial charge in [0.25, 0.3) is 0 Å². The van der Waals surface area contributed by atoms with E-state index in [2.05, 4.69) is 5.10 Å². The van der Waals surface area contributed by atoms with Crippen molar-refractivity contribution in [1.82, 2.24) is 14.7 Å². The lowest BCUT2D eigenvalue weighted by Gasteiger charge is -2.15. The molecular weight excluding hydrogens is 365 g/mol. The average Bonchev–Trinajstić information content (AvgIpc) is 2.56. The largest absolute Gasteiger partial charge is 0.465 e. The van der Waals surface area contributed by atoms with Crippen LogP contribution in [0.5, 0.6) is 0 Å². The van der Waals surface area contributed by atoms with Gasteiger partial charge in [0.1, 0.15) is 0 Å². The predicted octanol–water partition coefficient (Wildman–Crippen LogP) is 1.55. The normalized spacial score (nSPS) is 14.7. The highest BCUT2D eigenvalue weighted by Crippen LogP contribution is 2.22. The van der Waals surface area contributed by atoms with E-state index in [1.54, 1.807) is 11.6 Å². The molecule has 1 amide bonds. The molecular formula is C11H14IN3O4. The van der Waals surface area contributed by atoms with Crippen molar-refractivity contribution in [3.05, 3.63) is 15.0 Å². The Kier molecular flexibility index (Phi) is 4.27. The van der Waals surface area contributed by atoms with Crippen LogP contribution in [0.15, 0.2) is 0 Å². The van der Waals surface area contributed by atoms with Crippen molar-refractivity contribution in [1.29, 1.82) is 0 Å². The predicted molar refractivity (Wildman–Crippen MR) is 74.0 cm³/mol. The quantitative estimate of drug-likeness (QED) is 0.623. The number of esters is 1. The Morgan fingerprint density at radius 2 is 2.21 bits per heavy atom. The van der Waals surface area contributed by atoms with E-state index in [0.29, 0.717) is 29.7 Å². The van der Waals surface area contributed by atoms with E-state index in [-0.39, 0.29) is 12.2 Å². The van der Waals surface area contributed by atoms with Gasteiger partial charge in [-0.2, -0.15) is 5.10 Å². The zero-order valence-electron chi connectivity index (χ0n) is 10.4. The molecule has 0 aliphatic carbocycles. The molecule has 1 N–H and O–H groups in total. The van der Waals surface area contributed by atoms with Crippen LogP contribution < -0.4 is 0 Å². The molecule has 0 atom stereocenters. The van der Waals surface area contributed by atoms with Crippen LogP contribution in [0.3, 0.4) is 0 Å². The van der Waals surface area contributed by atoms with E-state index >= 15 is 0 Å². The van der Waals surface area contributed by atoms with Gasteiger partial charge < -0.3 is 14.7 Å². The molecule has 19 heavy (non-hydrogen) atoms. The molecule has 7 nitrogen and oxygen atoms in total. The maximum absolute atomic E-state index is 11.8. The summed E-state index contributed by atoms with van der Waals surface area (Å²) in [5, 5.41) is 13.3. The summed E-state index contributed by atoms with van der Waals surface area (Å²) in [6.45, 7) is 3.36. The fraction of sp³-hybridized carbons (Fsp3) is 0.545. The number of fused-ring (bicyclic) bond motifs is 1. The number of halogens is 1. The standard InChI is InChI=1S/C11H14IN3O4/c1-2-19-10(16)9-8(12)7-6-14(11(17)18)4-3-5-15(7)13-9/h2-6H2,1H3,(H,17,18). The van der Waals surface area contributed by atoms with Crippen molar-refractivity contribution in [2.45, 2.75) is 26.4 Å². The van der Waals surface area contributed by atoms with Crippen molar-refractivity contribution in [3.8, 4) is 0 Å². The molecule has 0 unspecified atom stereocenters. The number of carboxylic acid groups (broad SMARTS) is 1. The van der Waals surface area contributed by atoms with E-state index in [1.165, 1.54) is 4.90 Å². The molecule has 0 spiro atoms. The van der Waals surface area contributed by atoms with Crippen LogP contribution in [0.4, 0.5) is 4.79 Å². The van der Waals surface area contributed by atoms with Crippen LogP contribution in [0.1, 0.15) is 29.5 Å². The maximum Gasteiger partial charge on any atom is 0.407 e. The molecule has 8 heteroatoms. The summed E-state index contributed by atoms with van der Waals surface area (Å²) >= 11 is 2.02. The van der Waals surface area contributed by atoms with Gasteiger partial charge in [0.05, 0.1) is 22.4 Å². The number of hydrogen-bond acceptors (Lipinski definition) is 4. The van der Waals surface area contributed by atoms with Gasteiger partial charge in [-0.15, -0.1) is 0 Å². The third-order valence-corrected chi connectivity index (χ3v) is 4.00. The molecule has 1 aromatic rings. The third kappa shape index (κ3) is 2.82. The van der Waals surface area contributed by atoms with Gasteiger partial charge in [-0.1, -0.05) is 0 Å². The Hall–Kier alpha value is -1.32. The minimum absolute atomic E-state index is 0.250.